The number of aryl methyl sites for hydroxylation is 1. The topological polar surface area (TPSA) is 74.7 Å². The Balaban J connectivity index is 3.26. The highest BCUT2D eigenvalue weighted by Crippen LogP contribution is 2.23. The van der Waals surface area contributed by atoms with Gasteiger partial charge in [0.15, 0.2) is 0 Å². The Labute approximate surface area is 117 Å². The van der Waals surface area contributed by atoms with Gasteiger partial charge in [0, 0.05) is 11.1 Å². The molecule has 0 heterocycles. The summed E-state index contributed by atoms with van der Waals surface area (Å²) < 4.78 is 25.7. The molecule has 0 atom stereocenters. The number of nitrogens with zero attached hydrogens (tertiary/aromatic N) is 1. The summed E-state index contributed by atoms with van der Waals surface area (Å²) in [6.45, 7) is 4.42. The Morgan fingerprint density at radius 2 is 2.00 bits per heavy atom. The first-order chi connectivity index (χ1) is 8.66. The molecular weight excluding hydrogens is 290 g/mol. The molecule has 0 spiro atoms. The number of hydrogen-bond donors (Lipinski definition) is 1. The average Bonchev–Trinajstić information content (AvgIpc) is 2.28. The summed E-state index contributed by atoms with van der Waals surface area (Å²) in [5, 5.41) is 9.14. The second-order valence-electron chi connectivity index (χ2n) is 4.45. The van der Waals surface area contributed by atoms with Gasteiger partial charge in [-0.2, -0.15) is 4.31 Å². The summed E-state index contributed by atoms with van der Waals surface area (Å²) in [6, 6.07) is 3.90. The largest absolute Gasteiger partial charge is 0.480 e. The predicted molar refractivity (Wildman–Crippen MR) is 72.9 cm³/mol. The highest BCUT2D eigenvalue weighted by molar-refractivity contribution is 7.89. The minimum Gasteiger partial charge on any atom is -0.480 e. The van der Waals surface area contributed by atoms with Gasteiger partial charge in [0.25, 0.3) is 0 Å². The van der Waals surface area contributed by atoms with E-state index < -0.39 is 28.6 Å². The molecule has 0 unspecified atom stereocenters. The van der Waals surface area contributed by atoms with Gasteiger partial charge in [0.05, 0.1) is 4.90 Å². The normalized spacial score (nSPS) is 12.1. The highest BCUT2D eigenvalue weighted by atomic mass is 35.5. The summed E-state index contributed by atoms with van der Waals surface area (Å²) in [7, 11) is -3.87. The van der Waals surface area contributed by atoms with Gasteiger partial charge in [0.2, 0.25) is 10.0 Å². The molecule has 1 rings (SSSR count). The monoisotopic (exact) mass is 305 g/mol. The first-order valence-corrected chi connectivity index (χ1v) is 7.48. The third-order valence-electron chi connectivity index (χ3n) is 2.62. The van der Waals surface area contributed by atoms with E-state index in [-0.39, 0.29) is 4.90 Å². The molecule has 19 heavy (non-hydrogen) atoms. The maximum atomic E-state index is 12.4. The molecule has 5 nitrogen and oxygen atoms in total. The van der Waals surface area contributed by atoms with Gasteiger partial charge in [-0.1, -0.05) is 17.7 Å². The fraction of sp³-hybridized carbons (Fsp3) is 0.417. The maximum Gasteiger partial charge on any atom is 0.318 e. The van der Waals surface area contributed by atoms with Gasteiger partial charge in [-0.05, 0) is 38.5 Å². The third-order valence-corrected chi connectivity index (χ3v) is 5.04. The fourth-order valence-electron chi connectivity index (χ4n) is 1.55. The number of sulfonamides is 1. The van der Waals surface area contributed by atoms with Gasteiger partial charge < -0.3 is 5.11 Å². The van der Waals surface area contributed by atoms with Crippen LogP contribution in [0.15, 0.2) is 23.1 Å². The van der Waals surface area contributed by atoms with Crippen LogP contribution in [0.3, 0.4) is 0 Å². The van der Waals surface area contributed by atoms with Crippen LogP contribution in [0.25, 0.3) is 0 Å². The SMILES string of the molecule is Cc1ccc(S(=O)(=O)N(CC(=O)O)C(C)C)cc1Cl. The molecule has 0 radical (unpaired) electrons. The van der Waals surface area contributed by atoms with Gasteiger partial charge in [-0.25, -0.2) is 8.42 Å². The van der Waals surface area contributed by atoms with Crippen molar-refractivity contribution in [3.8, 4) is 0 Å². The molecule has 0 aliphatic rings. The predicted octanol–water partition coefficient (Wildman–Crippen LogP) is 2.13. The van der Waals surface area contributed by atoms with Crippen molar-refractivity contribution >= 4 is 27.6 Å². The Morgan fingerprint density at radius 1 is 1.42 bits per heavy atom. The lowest BCUT2D eigenvalue weighted by Crippen LogP contribution is -2.40. The van der Waals surface area contributed by atoms with Gasteiger partial charge in [-0.15, -0.1) is 0 Å². The summed E-state index contributed by atoms with van der Waals surface area (Å²) in [5.74, 6) is -1.20. The smallest absolute Gasteiger partial charge is 0.318 e. The third kappa shape index (κ3) is 3.68. The lowest BCUT2D eigenvalue weighted by Gasteiger charge is -2.24. The molecule has 0 bridgehead atoms. The molecule has 0 saturated heterocycles. The number of benzene rings is 1. The Kier molecular flexibility index (Phi) is 4.95. The van der Waals surface area contributed by atoms with E-state index in [1.807, 2.05) is 0 Å². The summed E-state index contributed by atoms with van der Waals surface area (Å²) >= 11 is 5.91. The molecule has 0 amide bonds. The Morgan fingerprint density at radius 3 is 2.42 bits per heavy atom. The zero-order valence-corrected chi connectivity index (χ0v) is 12.5. The molecular formula is C12H16ClNO4S. The van der Waals surface area contributed by atoms with Crippen LogP contribution in [0.1, 0.15) is 19.4 Å². The molecule has 1 aromatic rings. The van der Waals surface area contributed by atoms with E-state index in [1.54, 1.807) is 26.8 Å². The summed E-state index contributed by atoms with van der Waals surface area (Å²) in [4.78, 5) is 10.8. The van der Waals surface area contributed by atoms with Crippen LogP contribution in [0, 0.1) is 6.92 Å². The summed E-state index contributed by atoms with van der Waals surface area (Å²) in [5.41, 5.74) is 0.759. The Hall–Kier alpha value is -1.11. The number of aliphatic carboxylic acids is 1. The van der Waals surface area contributed by atoms with Crippen molar-refractivity contribution in [1.29, 1.82) is 0 Å². The number of carboxylic acid groups (broad SMARTS) is 1. The molecule has 0 aliphatic heterocycles. The minimum absolute atomic E-state index is 0.00181. The summed E-state index contributed by atoms with van der Waals surface area (Å²) in [6.07, 6.45) is 0. The molecule has 0 saturated carbocycles. The lowest BCUT2D eigenvalue weighted by molar-refractivity contribution is -0.137. The average molecular weight is 306 g/mol. The van der Waals surface area contributed by atoms with E-state index in [2.05, 4.69) is 0 Å². The first-order valence-electron chi connectivity index (χ1n) is 5.66. The van der Waals surface area contributed by atoms with Crippen molar-refractivity contribution in [2.45, 2.75) is 31.7 Å². The first kappa shape index (κ1) is 15.9. The van der Waals surface area contributed by atoms with E-state index in [4.69, 9.17) is 16.7 Å². The molecule has 0 aliphatic carbocycles. The molecule has 0 fully saturated rings. The van der Waals surface area contributed by atoms with Crippen molar-refractivity contribution in [3.63, 3.8) is 0 Å². The standard InChI is InChI=1S/C12H16ClNO4S/c1-8(2)14(7-12(15)16)19(17,18)10-5-4-9(3)11(13)6-10/h4-6,8H,7H2,1-3H3,(H,15,16). The number of carboxylic acids is 1. The van der Waals surface area contributed by atoms with E-state index >= 15 is 0 Å². The van der Waals surface area contributed by atoms with E-state index in [1.165, 1.54) is 12.1 Å². The second kappa shape index (κ2) is 5.90. The Bertz CT molecular complexity index is 583. The van der Waals surface area contributed by atoms with Crippen LogP contribution in [0.5, 0.6) is 0 Å². The maximum absolute atomic E-state index is 12.4. The van der Waals surface area contributed by atoms with Crippen LogP contribution in [0.2, 0.25) is 5.02 Å². The van der Waals surface area contributed by atoms with E-state index in [0.717, 1.165) is 9.87 Å². The number of hydrogen-bond acceptors (Lipinski definition) is 3. The highest BCUT2D eigenvalue weighted by Gasteiger charge is 2.29. The van der Waals surface area contributed by atoms with Crippen LogP contribution in [-0.2, 0) is 14.8 Å². The van der Waals surface area contributed by atoms with Crippen LogP contribution >= 0.6 is 11.6 Å². The molecule has 106 valence electrons. The van der Waals surface area contributed by atoms with Crippen molar-refractivity contribution in [1.82, 2.24) is 4.31 Å². The van der Waals surface area contributed by atoms with E-state index in [9.17, 15) is 13.2 Å². The van der Waals surface area contributed by atoms with Crippen molar-refractivity contribution in [2.24, 2.45) is 0 Å². The molecule has 1 N–H and O–H groups in total. The van der Waals surface area contributed by atoms with Crippen LogP contribution < -0.4 is 0 Å². The van der Waals surface area contributed by atoms with Gasteiger partial charge in [0.1, 0.15) is 6.54 Å². The van der Waals surface area contributed by atoms with Gasteiger partial charge in [-0.3, -0.25) is 4.79 Å². The number of carbonyl (C=O) groups is 1. The fourth-order valence-corrected chi connectivity index (χ4v) is 3.41. The minimum atomic E-state index is -3.87. The van der Waals surface area contributed by atoms with E-state index in [0.29, 0.717) is 5.02 Å². The molecule has 7 heteroatoms. The quantitative estimate of drug-likeness (QED) is 0.904. The van der Waals surface area contributed by atoms with Crippen LogP contribution in [-0.4, -0.2) is 36.4 Å². The number of halogens is 1. The molecule has 0 aromatic heterocycles. The number of rotatable bonds is 5. The molecule has 1 aromatic carbocycles. The zero-order valence-electron chi connectivity index (χ0n) is 10.9. The van der Waals surface area contributed by atoms with Gasteiger partial charge >= 0.3 is 5.97 Å². The van der Waals surface area contributed by atoms with Crippen molar-refractivity contribution in [3.05, 3.63) is 28.8 Å². The van der Waals surface area contributed by atoms with Crippen LogP contribution in [0.4, 0.5) is 0 Å². The second-order valence-corrected chi connectivity index (χ2v) is 6.75. The lowest BCUT2D eigenvalue weighted by atomic mass is 10.2. The van der Waals surface area contributed by atoms with Crippen molar-refractivity contribution < 1.29 is 18.3 Å². The zero-order chi connectivity index (χ0) is 14.8. The van der Waals surface area contributed by atoms with Crippen molar-refractivity contribution in [2.75, 3.05) is 6.54 Å².